The van der Waals surface area contributed by atoms with Crippen LogP contribution in [0, 0.1) is 17.8 Å². The highest BCUT2D eigenvalue weighted by atomic mass is 35.5. The largest absolute Gasteiger partial charge is 0.123 e. The van der Waals surface area contributed by atoms with Crippen molar-refractivity contribution < 1.29 is 0 Å². The molecule has 1 fully saturated rings. The van der Waals surface area contributed by atoms with E-state index < -0.39 is 0 Å². The molecule has 0 N–H and O–H groups in total. The molecular weight excluding hydrogens is 168 g/mol. The van der Waals surface area contributed by atoms with Crippen LogP contribution in [0.15, 0.2) is 0 Å². The predicted octanol–water partition coefficient (Wildman–Crippen LogP) is 3.59. The third-order valence-corrected chi connectivity index (χ3v) is 2.69. The summed E-state index contributed by atoms with van der Waals surface area (Å²) in [4.78, 5) is 0. The van der Waals surface area contributed by atoms with Crippen molar-refractivity contribution in [1.29, 1.82) is 0 Å². The summed E-state index contributed by atoms with van der Waals surface area (Å²) in [5.41, 5.74) is 0. The molecule has 1 aliphatic carbocycles. The summed E-state index contributed by atoms with van der Waals surface area (Å²) >= 11 is 6.06. The van der Waals surface area contributed by atoms with Crippen molar-refractivity contribution >= 4 is 11.6 Å². The van der Waals surface area contributed by atoms with Crippen LogP contribution in [-0.2, 0) is 0 Å². The Morgan fingerprint density at radius 3 is 2.92 bits per heavy atom. The molecule has 0 saturated heterocycles. The fourth-order valence-corrected chi connectivity index (χ4v) is 1.97. The van der Waals surface area contributed by atoms with Crippen LogP contribution >= 0.6 is 11.6 Å². The van der Waals surface area contributed by atoms with E-state index in [2.05, 4.69) is 18.8 Å². The maximum absolute atomic E-state index is 6.06. The maximum atomic E-state index is 6.06. The van der Waals surface area contributed by atoms with Gasteiger partial charge in [-0.15, -0.1) is 17.5 Å². The Balaban J connectivity index is 2.28. The van der Waals surface area contributed by atoms with Gasteiger partial charge in [0.2, 0.25) is 0 Å². The molecule has 0 spiro atoms. The van der Waals surface area contributed by atoms with Gasteiger partial charge < -0.3 is 0 Å². The first-order chi connectivity index (χ1) is 5.83. The Morgan fingerprint density at radius 1 is 1.42 bits per heavy atom. The molecular formula is C11H17Cl. The third kappa shape index (κ3) is 3.50. The SMILES string of the molecule is CCCC#CC1CCCC(Cl)C1. The molecule has 1 aliphatic rings. The van der Waals surface area contributed by atoms with Gasteiger partial charge in [-0.3, -0.25) is 0 Å². The molecule has 0 amide bonds. The summed E-state index contributed by atoms with van der Waals surface area (Å²) in [6.07, 6.45) is 7.04. The number of alkyl halides is 1. The van der Waals surface area contributed by atoms with Gasteiger partial charge in [0, 0.05) is 17.7 Å². The molecule has 0 aromatic rings. The van der Waals surface area contributed by atoms with Crippen molar-refractivity contribution in [3.63, 3.8) is 0 Å². The number of unbranched alkanes of at least 4 members (excludes halogenated alkanes) is 1. The van der Waals surface area contributed by atoms with Gasteiger partial charge in [-0.1, -0.05) is 19.3 Å². The third-order valence-electron chi connectivity index (χ3n) is 2.29. The lowest BCUT2D eigenvalue weighted by Gasteiger charge is -2.20. The lowest BCUT2D eigenvalue weighted by Crippen LogP contribution is -2.13. The average molecular weight is 185 g/mol. The fourth-order valence-electron chi connectivity index (χ4n) is 1.60. The van der Waals surface area contributed by atoms with Crippen LogP contribution in [0.3, 0.4) is 0 Å². The molecule has 0 radical (unpaired) electrons. The number of rotatable bonds is 1. The summed E-state index contributed by atoms with van der Waals surface area (Å²) in [6, 6.07) is 0. The zero-order valence-corrected chi connectivity index (χ0v) is 8.53. The van der Waals surface area contributed by atoms with E-state index in [0.29, 0.717) is 11.3 Å². The lowest BCUT2D eigenvalue weighted by molar-refractivity contribution is 0.436. The number of hydrogen-bond acceptors (Lipinski definition) is 0. The molecule has 1 heteroatoms. The summed E-state index contributed by atoms with van der Waals surface area (Å²) < 4.78 is 0. The second-order valence-electron chi connectivity index (χ2n) is 3.53. The van der Waals surface area contributed by atoms with E-state index in [1.54, 1.807) is 0 Å². The van der Waals surface area contributed by atoms with E-state index in [4.69, 9.17) is 11.6 Å². The van der Waals surface area contributed by atoms with Crippen molar-refractivity contribution in [3.05, 3.63) is 0 Å². The van der Waals surface area contributed by atoms with Crippen molar-refractivity contribution in [3.8, 4) is 11.8 Å². The molecule has 2 unspecified atom stereocenters. The van der Waals surface area contributed by atoms with E-state index in [-0.39, 0.29) is 0 Å². The standard InChI is InChI=1S/C11H17Cl/c1-2-3-4-6-10-7-5-8-11(12)9-10/h10-11H,2-3,5,7-9H2,1H3. The van der Waals surface area contributed by atoms with Gasteiger partial charge in [-0.2, -0.15) is 0 Å². The first-order valence-electron chi connectivity index (χ1n) is 4.95. The van der Waals surface area contributed by atoms with E-state index in [9.17, 15) is 0 Å². The molecule has 0 nitrogen and oxygen atoms in total. The van der Waals surface area contributed by atoms with Crippen LogP contribution < -0.4 is 0 Å². The van der Waals surface area contributed by atoms with Crippen molar-refractivity contribution in [1.82, 2.24) is 0 Å². The average Bonchev–Trinajstić information content (AvgIpc) is 2.05. The molecule has 0 bridgehead atoms. The van der Waals surface area contributed by atoms with Gasteiger partial charge in [-0.25, -0.2) is 0 Å². The summed E-state index contributed by atoms with van der Waals surface area (Å²) in [5, 5.41) is 0.389. The van der Waals surface area contributed by atoms with E-state index in [1.165, 1.54) is 25.7 Å². The molecule has 0 heterocycles. The van der Waals surface area contributed by atoms with Crippen molar-refractivity contribution in [2.24, 2.45) is 5.92 Å². The predicted molar refractivity (Wildman–Crippen MR) is 54.3 cm³/mol. The van der Waals surface area contributed by atoms with Crippen LogP contribution in [0.4, 0.5) is 0 Å². The molecule has 0 aromatic heterocycles. The zero-order valence-electron chi connectivity index (χ0n) is 7.78. The highest BCUT2D eigenvalue weighted by Gasteiger charge is 2.17. The number of halogens is 1. The zero-order chi connectivity index (χ0) is 8.81. The Morgan fingerprint density at radius 2 is 2.25 bits per heavy atom. The van der Waals surface area contributed by atoms with Gasteiger partial charge in [0.25, 0.3) is 0 Å². The summed E-state index contributed by atoms with van der Waals surface area (Å²) in [5.74, 6) is 7.13. The number of hydrogen-bond donors (Lipinski definition) is 0. The minimum absolute atomic E-state index is 0.389. The normalized spacial score (nSPS) is 29.2. The molecule has 0 aliphatic heterocycles. The molecule has 2 atom stereocenters. The van der Waals surface area contributed by atoms with Gasteiger partial charge in [0.05, 0.1) is 0 Å². The monoisotopic (exact) mass is 184 g/mol. The van der Waals surface area contributed by atoms with Gasteiger partial charge in [0.1, 0.15) is 0 Å². The molecule has 1 saturated carbocycles. The topological polar surface area (TPSA) is 0 Å². The Labute approximate surface area is 80.7 Å². The summed E-state index contributed by atoms with van der Waals surface area (Å²) in [7, 11) is 0. The van der Waals surface area contributed by atoms with E-state index in [1.807, 2.05) is 0 Å². The fraction of sp³-hybridized carbons (Fsp3) is 0.818. The quantitative estimate of drug-likeness (QED) is 0.432. The van der Waals surface area contributed by atoms with E-state index in [0.717, 1.165) is 12.8 Å². The van der Waals surface area contributed by atoms with Gasteiger partial charge in [0.15, 0.2) is 0 Å². The molecule has 68 valence electrons. The van der Waals surface area contributed by atoms with Crippen LogP contribution in [0.25, 0.3) is 0 Å². The molecule has 1 rings (SSSR count). The van der Waals surface area contributed by atoms with Crippen molar-refractivity contribution in [2.75, 3.05) is 0 Å². The highest BCUT2D eigenvalue weighted by Crippen LogP contribution is 2.27. The minimum atomic E-state index is 0.389. The van der Waals surface area contributed by atoms with Crippen molar-refractivity contribution in [2.45, 2.75) is 50.8 Å². The first-order valence-corrected chi connectivity index (χ1v) is 5.39. The van der Waals surface area contributed by atoms with Crippen LogP contribution in [0.2, 0.25) is 0 Å². The Hall–Kier alpha value is -0.150. The second-order valence-corrected chi connectivity index (χ2v) is 4.15. The smallest absolute Gasteiger partial charge is 0.0347 e. The molecule has 0 aromatic carbocycles. The highest BCUT2D eigenvalue weighted by molar-refractivity contribution is 6.20. The second kappa shape index (κ2) is 5.49. The van der Waals surface area contributed by atoms with Crippen LogP contribution in [0.5, 0.6) is 0 Å². The van der Waals surface area contributed by atoms with E-state index >= 15 is 0 Å². The Kier molecular flexibility index (Phi) is 4.54. The van der Waals surface area contributed by atoms with Gasteiger partial charge in [-0.05, 0) is 25.7 Å². The Bertz CT molecular complexity index is 175. The lowest BCUT2D eigenvalue weighted by atomic mass is 9.89. The minimum Gasteiger partial charge on any atom is -0.123 e. The molecule has 12 heavy (non-hydrogen) atoms. The summed E-state index contributed by atoms with van der Waals surface area (Å²) in [6.45, 7) is 2.17. The van der Waals surface area contributed by atoms with Crippen LogP contribution in [0.1, 0.15) is 45.4 Å². The van der Waals surface area contributed by atoms with Gasteiger partial charge >= 0.3 is 0 Å². The van der Waals surface area contributed by atoms with Crippen LogP contribution in [-0.4, -0.2) is 5.38 Å². The first kappa shape index (κ1) is 9.93. The maximum Gasteiger partial charge on any atom is 0.0347 e.